The van der Waals surface area contributed by atoms with Gasteiger partial charge in [-0.05, 0) is 149 Å². The van der Waals surface area contributed by atoms with Gasteiger partial charge in [-0.25, -0.2) is 0 Å². The molecule has 0 atom stereocenters. The average molecular weight is 1950 g/mol. The molecule has 0 saturated heterocycles. The van der Waals surface area contributed by atoms with Crippen molar-refractivity contribution < 1.29 is 60.3 Å². The van der Waals surface area contributed by atoms with Crippen LogP contribution in [0.3, 0.4) is 0 Å². The van der Waals surface area contributed by atoms with Gasteiger partial charge in [-0.15, -0.1) is 123 Å². The Morgan fingerprint density at radius 1 is 0.255 bits per heavy atom. The summed E-state index contributed by atoms with van der Waals surface area (Å²) >= 11 is 0. The molecule has 0 amide bonds. The first-order chi connectivity index (χ1) is 52.4. The number of fused-ring (bicyclic) bond motifs is 12. The van der Waals surface area contributed by atoms with E-state index in [1.54, 1.807) is 0 Å². The second kappa shape index (κ2) is 30.8. The van der Waals surface area contributed by atoms with Gasteiger partial charge in [0.05, 0.1) is 22.1 Å². The van der Waals surface area contributed by atoms with E-state index >= 15 is 0 Å². The van der Waals surface area contributed by atoms with Crippen molar-refractivity contribution in [3.8, 4) is 45.4 Å². The summed E-state index contributed by atoms with van der Waals surface area (Å²) in [6.45, 7) is 13.7. The first kappa shape index (κ1) is 73.9. The summed E-state index contributed by atoms with van der Waals surface area (Å²) in [6.07, 6.45) is 0. The fourth-order valence-corrected chi connectivity index (χ4v) is 15.1. The first-order valence-electron chi connectivity index (χ1n) is 36.3. The number of aromatic nitrogens is 8. The molecule has 9 nitrogen and oxygen atoms in total. The third-order valence-electron chi connectivity index (χ3n) is 20.5. The molecule has 110 heavy (non-hydrogen) atoms. The largest absolute Gasteiger partial charge is 0.293 e. The van der Waals surface area contributed by atoms with E-state index in [0.29, 0.717) is 0 Å². The van der Waals surface area contributed by atoms with Crippen LogP contribution in [0.2, 0.25) is 0 Å². The number of anilines is 3. The van der Waals surface area contributed by atoms with Gasteiger partial charge in [-0.2, -0.15) is 15.3 Å². The van der Waals surface area contributed by atoms with Crippen LogP contribution in [0, 0.1) is 18.2 Å². The number of para-hydroxylation sites is 4. The van der Waals surface area contributed by atoms with Crippen LogP contribution in [-0.2, 0) is 71.1 Å². The minimum atomic E-state index is 0. The van der Waals surface area contributed by atoms with E-state index in [4.69, 9.17) is 30.6 Å². The second-order valence-corrected chi connectivity index (χ2v) is 29.4. The molecule has 5 aromatic heterocycles. The monoisotopic (exact) mass is 1950 g/mol. The van der Waals surface area contributed by atoms with Crippen molar-refractivity contribution in [2.45, 2.75) is 52.4 Å². The van der Waals surface area contributed by atoms with Gasteiger partial charge in [0.25, 0.3) is 0 Å². The molecule has 0 unspecified atom stereocenters. The molecular weight excluding hydrogens is 1880 g/mol. The van der Waals surface area contributed by atoms with Crippen LogP contribution in [0.1, 0.15) is 52.7 Å². The van der Waals surface area contributed by atoms with E-state index in [1.807, 2.05) is 103 Å². The minimum Gasteiger partial charge on any atom is -0.293 e. The molecule has 0 aliphatic heterocycles. The van der Waals surface area contributed by atoms with Crippen molar-refractivity contribution in [1.82, 2.24) is 39.7 Å². The Labute approximate surface area is 679 Å². The molecule has 0 spiro atoms. The molecule has 12 heteroatoms. The van der Waals surface area contributed by atoms with Crippen molar-refractivity contribution in [3.05, 3.63) is 357 Å². The van der Waals surface area contributed by atoms with Crippen LogP contribution in [0.15, 0.2) is 328 Å². The first-order valence-corrected chi connectivity index (χ1v) is 36.3. The third-order valence-corrected chi connectivity index (χ3v) is 20.5. The van der Waals surface area contributed by atoms with Gasteiger partial charge in [0.2, 0.25) is 0 Å². The summed E-state index contributed by atoms with van der Waals surface area (Å²) in [6, 6.07) is 124. The van der Waals surface area contributed by atoms with Crippen molar-refractivity contribution >= 4 is 125 Å². The molecule has 0 N–H and O–H groups in total. The summed E-state index contributed by atoms with van der Waals surface area (Å²) in [5.41, 5.74) is 14.7. The van der Waals surface area contributed by atoms with Crippen LogP contribution in [-0.4, -0.2) is 39.7 Å². The van der Waals surface area contributed by atoms with E-state index < -0.39 is 0 Å². The summed E-state index contributed by atoms with van der Waals surface area (Å²) in [5, 5.41) is 47.3. The topological polar surface area (TPSA) is 90.4 Å². The van der Waals surface area contributed by atoms with Crippen molar-refractivity contribution in [3.63, 3.8) is 0 Å². The standard InChI is InChI=1S/C38H34N3.C30H18N3.C30H20N3.3Ir/c1-37(2,3)27-16-18-33-29(22-27)30-23-28(38(4,5)6)17-19-34(30)41(33)36-32-21-26-15-11-10-14-25(26)20-31(32)35(39-40-36)24-12-8-7-9-13-24;1-2-10-20(11-3-1)29-25-18-21-12-4-5-13-22(21)19-26(25)30(32-31-29)33-27-16-8-6-14-23(27)24-15-7-9-17-28(24)33;1-4-12-22(13-5-1)29-27-20-23-14-10-11-15-24(23)21-28(27)30(32-31-29)33(25-16-6-2-7-17-25)26-18-8-3-9-19-26;;;/h7-12,14-23H,1-6H3;1-10,12-19H;1-12,14-21H;;;/q3*-1;;;. The Morgan fingerprint density at radius 3 is 0.909 bits per heavy atom. The molecule has 539 valence electrons. The zero-order valence-corrected chi connectivity index (χ0v) is 68.4. The number of hydrogen-bond acceptors (Lipinski definition) is 7. The third kappa shape index (κ3) is 13.8. The normalized spacial score (nSPS) is 11.5. The average Bonchev–Trinajstić information content (AvgIpc) is 1.52. The van der Waals surface area contributed by atoms with Gasteiger partial charge in [-0.3, -0.25) is 14.0 Å². The van der Waals surface area contributed by atoms with Crippen molar-refractivity contribution in [1.29, 1.82) is 0 Å². The zero-order valence-electron chi connectivity index (χ0n) is 61.2. The maximum atomic E-state index is 4.97. The van der Waals surface area contributed by atoms with Crippen LogP contribution in [0.25, 0.3) is 154 Å². The van der Waals surface area contributed by atoms with Crippen molar-refractivity contribution in [2.24, 2.45) is 0 Å². The number of rotatable bonds is 8. The fourth-order valence-electron chi connectivity index (χ4n) is 15.1. The number of benzene rings is 15. The Bertz CT molecular complexity index is 6620. The van der Waals surface area contributed by atoms with Crippen molar-refractivity contribution in [2.75, 3.05) is 4.90 Å². The van der Waals surface area contributed by atoms with E-state index in [9.17, 15) is 0 Å². The maximum absolute atomic E-state index is 4.97. The summed E-state index contributed by atoms with van der Waals surface area (Å²) < 4.78 is 4.55. The zero-order chi connectivity index (χ0) is 72.3. The predicted octanol–water partition coefficient (Wildman–Crippen LogP) is 25.0. The fraction of sp³-hybridized carbons (Fsp3) is 0.0816. The summed E-state index contributed by atoms with van der Waals surface area (Å²) in [7, 11) is 0. The molecule has 0 aliphatic rings. The molecule has 20 rings (SSSR count). The van der Waals surface area contributed by atoms with Crippen LogP contribution in [0.5, 0.6) is 0 Å². The van der Waals surface area contributed by atoms with E-state index in [1.165, 1.54) is 65.0 Å². The Kier molecular flexibility index (Phi) is 20.7. The van der Waals surface area contributed by atoms with Gasteiger partial charge in [0.15, 0.2) is 17.5 Å². The predicted molar refractivity (Wildman–Crippen MR) is 445 cm³/mol. The summed E-state index contributed by atoms with van der Waals surface area (Å²) in [4.78, 5) is 2.17. The molecule has 20 aromatic rings. The second-order valence-electron chi connectivity index (χ2n) is 29.4. The molecule has 3 radical (unpaired) electrons. The van der Waals surface area contributed by atoms with E-state index in [-0.39, 0.29) is 71.1 Å². The number of hydrogen-bond donors (Lipinski definition) is 0. The van der Waals surface area contributed by atoms with Gasteiger partial charge < -0.3 is 0 Å². The van der Waals surface area contributed by atoms with Gasteiger partial charge >= 0.3 is 0 Å². The molecule has 0 aliphatic carbocycles. The minimum absolute atomic E-state index is 0. The van der Waals surface area contributed by atoms with Crippen LogP contribution < -0.4 is 4.90 Å². The Hall–Kier alpha value is -11.6. The van der Waals surface area contributed by atoms with Gasteiger partial charge in [0, 0.05) is 126 Å². The molecular formula is C98H72Ir3N9-3. The number of nitrogens with zero attached hydrogens (tertiary/aromatic N) is 9. The SMILES string of the molecule is CC(C)(C)c1ccc2c(c1)c1cc(C(C)(C)C)ccc1n2-c1nnc(-c2[c-]cccc2)c2cc3ccccc3cc12.[Ir].[Ir].[Ir].[c-]1ccccc1-c1nnc(-n2c3ccccc3c3ccccc32)c2cc3ccccc3cc12.[c-]1ccccc1-c1nnc(N(c2ccccc2)c2ccccc2)c2cc3ccccc3cc12. The van der Waals surface area contributed by atoms with Gasteiger partial charge in [-0.1, -0.05) is 217 Å². The summed E-state index contributed by atoms with van der Waals surface area (Å²) in [5.74, 6) is 2.48. The smallest absolute Gasteiger partial charge is 0.166 e. The molecule has 5 heterocycles. The van der Waals surface area contributed by atoms with E-state index in [0.717, 1.165) is 117 Å². The van der Waals surface area contributed by atoms with Gasteiger partial charge in [0.1, 0.15) is 0 Å². The van der Waals surface area contributed by atoms with Crippen LogP contribution in [0.4, 0.5) is 17.2 Å². The molecule has 0 saturated carbocycles. The Morgan fingerprint density at radius 2 is 0.555 bits per heavy atom. The van der Waals surface area contributed by atoms with E-state index in [2.05, 4.69) is 298 Å². The molecule has 15 aromatic carbocycles. The maximum Gasteiger partial charge on any atom is 0.166 e. The molecule has 0 bridgehead atoms. The Balaban J connectivity index is 0.000000130. The molecule has 0 fully saturated rings. The quantitative estimate of drug-likeness (QED) is 0.111. The van der Waals surface area contributed by atoms with Crippen LogP contribution >= 0.6 is 0 Å².